The zero-order valence-corrected chi connectivity index (χ0v) is 16.2. The lowest BCUT2D eigenvalue weighted by atomic mass is 9.51. The van der Waals surface area contributed by atoms with Gasteiger partial charge in [0.1, 0.15) is 23.5 Å². The average Bonchev–Trinajstić information content (AvgIpc) is 2.68. The molecule has 0 spiro atoms. The molecule has 3 nitrogen and oxygen atoms in total. The molecule has 0 heterocycles. The maximum Gasteiger partial charge on any atom is 0.138 e. The van der Waals surface area contributed by atoms with Gasteiger partial charge in [-0.3, -0.25) is 0 Å². The largest absolute Gasteiger partial charge is 0.492 e. The van der Waals surface area contributed by atoms with Gasteiger partial charge in [0, 0.05) is 0 Å². The number of hydrogen-bond acceptors (Lipinski definition) is 3. The van der Waals surface area contributed by atoms with Gasteiger partial charge in [0.05, 0.1) is 12.2 Å². The first-order valence-corrected chi connectivity index (χ1v) is 10.2. The quantitative estimate of drug-likeness (QED) is 0.615. The van der Waals surface area contributed by atoms with Gasteiger partial charge in [0.15, 0.2) is 0 Å². The lowest BCUT2D eigenvalue weighted by molar-refractivity contribution is -0.0195. The predicted octanol–water partition coefficient (Wildman–Crippen LogP) is 5.90. The first-order valence-electron chi connectivity index (χ1n) is 10.2. The van der Waals surface area contributed by atoms with Crippen LogP contribution in [0.4, 0.5) is 0 Å². The Morgan fingerprint density at radius 2 is 1.46 bits per heavy atom. The Morgan fingerprint density at radius 3 is 1.96 bits per heavy atom. The van der Waals surface area contributed by atoms with E-state index in [0.29, 0.717) is 34.3 Å². The molecule has 0 aromatic heterocycles. The summed E-state index contributed by atoms with van der Waals surface area (Å²) in [5.41, 5.74) is 3.04. The summed E-state index contributed by atoms with van der Waals surface area (Å²) in [6, 6.07) is 8.30. The summed E-state index contributed by atoms with van der Waals surface area (Å²) in [4.78, 5) is 0. The fourth-order valence-electron chi connectivity index (χ4n) is 5.37. The van der Waals surface area contributed by atoms with Crippen molar-refractivity contribution in [1.82, 2.24) is 0 Å². The minimum Gasteiger partial charge on any atom is -0.492 e. The van der Waals surface area contributed by atoms with Crippen LogP contribution in [-0.4, -0.2) is 6.61 Å². The van der Waals surface area contributed by atoms with Gasteiger partial charge in [-0.1, -0.05) is 19.4 Å². The second kappa shape index (κ2) is 7.71. The van der Waals surface area contributed by atoms with Gasteiger partial charge in [0.2, 0.25) is 0 Å². The van der Waals surface area contributed by atoms with Gasteiger partial charge in [-0.2, -0.15) is 10.5 Å². The first-order chi connectivity index (χ1) is 12.6. The maximum atomic E-state index is 9.63. The number of benzene rings is 1. The molecule has 2 bridgehead atoms. The first kappa shape index (κ1) is 18.8. The van der Waals surface area contributed by atoms with Crippen LogP contribution in [0.5, 0.6) is 5.75 Å². The van der Waals surface area contributed by atoms with Gasteiger partial charge in [-0.15, -0.1) is 0 Å². The molecule has 3 aliphatic rings. The maximum absolute atomic E-state index is 9.63. The Labute approximate surface area is 158 Å². The number of ether oxygens (including phenoxy) is 1. The molecule has 0 atom stereocenters. The van der Waals surface area contributed by atoms with E-state index in [4.69, 9.17) is 4.74 Å². The topological polar surface area (TPSA) is 56.8 Å². The number of aryl methyl sites for hydroxylation is 1. The van der Waals surface area contributed by atoms with Crippen LogP contribution < -0.4 is 4.74 Å². The van der Waals surface area contributed by atoms with Crippen LogP contribution in [0, 0.1) is 33.5 Å². The Kier molecular flexibility index (Phi) is 5.57. The van der Waals surface area contributed by atoms with Crippen molar-refractivity contribution in [2.75, 3.05) is 6.61 Å². The molecule has 3 fully saturated rings. The van der Waals surface area contributed by atoms with Gasteiger partial charge in [-0.05, 0) is 87.2 Å². The highest BCUT2D eigenvalue weighted by atomic mass is 16.5. The Morgan fingerprint density at radius 1 is 0.885 bits per heavy atom. The molecule has 1 aromatic rings. The van der Waals surface area contributed by atoms with Gasteiger partial charge < -0.3 is 4.74 Å². The fraction of sp³-hybridized carbons (Fsp3) is 0.652. The van der Waals surface area contributed by atoms with Crippen molar-refractivity contribution in [3.8, 4) is 17.9 Å². The van der Waals surface area contributed by atoms with E-state index in [1.54, 1.807) is 0 Å². The van der Waals surface area contributed by atoms with Crippen LogP contribution in [0.2, 0.25) is 0 Å². The number of fused-ring (bicyclic) bond motifs is 3. The highest BCUT2D eigenvalue weighted by molar-refractivity contribution is 5.57. The summed E-state index contributed by atoms with van der Waals surface area (Å²) in [6.07, 6.45) is 12.9. The molecule has 0 unspecified atom stereocenters. The Bertz CT molecular complexity index is 713. The molecule has 0 amide bonds. The van der Waals surface area contributed by atoms with E-state index < -0.39 is 0 Å². The van der Waals surface area contributed by atoms with Crippen molar-refractivity contribution >= 4 is 0 Å². The molecule has 3 aliphatic carbocycles. The minimum absolute atomic E-state index is 0.401. The van der Waals surface area contributed by atoms with E-state index in [0.717, 1.165) is 18.4 Å². The van der Waals surface area contributed by atoms with E-state index in [1.165, 1.54) is 51.4 Å². The van der Waals surface area contributed by atoms with Crippen LogP contribution in [0.25, 0.3) is 0 Å². The Hall–Kier alpha value is -2.00. The lowest BCUT2D eigenvalue weighted by Gasteiger charge is -2.54. The molecular formula is C23H30N2O. The molecular weight excluding hydrogens is 320 g/mol. The van der Waals surface area contributed by atoms with Gasteiger partial charge in [-0.25, -0.2) is 0 Å². The van der Waals surface area contributed by atoms with Crippen molar-refractivity contribution in [3.05, 3.63) is 28.8 Å². The van der Waals surface area contributed by atoms with E-state index in [1.807, 2.05) is 19.1 Å². The zero-order valence-electron chi connectivity index (χ0n) is 16.2. The second-order valence-corrected chi connectivity index (χ2v) is 8.38. The molecule has 1 aromatic carbocycles. The summed E-state index contributed by atoms with van der Waals surface area (Å²) in [5, 5.41) is 19.1. The molecule has 138 valence electrons. The molecule has 0 N–H and O–H groups in total. The Balaban J connectivity index is 1.73. The van der Waals surface area contributed by atoms with Crippen molar-refractivity contribution in [1.29, 1.82) is 10.5 Å². The molecule has 0 aliphatic heterocycles. The monoisotopic (exact) mass is 350 g/mol. The minimum atomic E-state index is 0.401. The molecule has 0 saturated heterocycles. The summed E-state index contributed by atoms with van der Waals surface area (Å²) in [7, 11) is 0. The van der Waals surface area contributed by atoms with Gasteiger partial charge in [0.25, 0.3) is 0 Å². The molecule has 3 saturated carbocycles. The lowest BCUT2D eigenvalue weighted by Crippen LogP contribution is -2.41. The number of hydrogen-bond donors (Lipinski definition) is 0. The van der Waals surface area contributed by atoms with Crippen molar-refractivity contribution in [3.63, 3.8) is 0 Å². The zero-order chi connectivity index (χ0) is 18.6. The van der Waals surface area contributed by atoms with E-state index in [9.17, 15) is 10.5 Å². The molecule has 3 heteroatoms. The predicted molar refractivity (Wildman–Crippen MR) is 103 cm³/mol. The third kappa shape index (κ3) is 3.45. The van der Waals surface area contributed by atoms with Crippen molar-refractivity contribution in [2.45, 2.75) is 78.1 Å². The normalized spacial score (nSPS) is 26.9. The molecule has 4 rings (SSSR count). The summed E-state index contributed by atoms with van der Waals surface area (Å²) >= 11 is 0. The molecule has 26 heavy (non-hydrogen) atoms. The average molecular weight is 351 g/mol. The van der Waals surface area contributed by atoms with Crippen molar-refractivity contribution < 1.29 is 4.74 Å². The smallest absolute Gasteiger partial charge is 0.138 e. The summed E-state index contributed by atoms with van der Waals surface area (Å²) in [6.45, 7) is 4.71. The fourth-order valence-corrected chi connectivity index (χ4v) is 5.37. The number of rotatable bonds is 7. The van der Waals surface area contributed by atoms with Crippen LogP contribution in [-0.2, 0) is 6.42 Å². The van der Waals surface area contributed by atoms with Crippen LogP contribution in [0.1, 0.15) is 88.3 Å². The SMILES string of the molecule is CCCC12CCC(CCc3ccc(OCC)c(C#N)c3C#N)(CC1)CC2. The highest BCUT2D eigenvalue weighted by Gasteiger charge is 2.47. The third-order valence-corrected chi connectivity index (χ3v) is 7.04. The standard InChI is InChI=1S/C23H30N2O/c1-3-8-22-10-13-23(14-11-22,15-12-22)9-7-18-5-6-21(26-4-2)20(17-25)19(18)16-24/h5-6H,3-4,7-15H2,1-2H3. The molecule has 0 radical (unpaired) electrons. The van der Waals surface area contributed by atoms with E-state index in [2.05, 4.69) is 19.1 Å². The van der Waals surface area contributed by atoms with Gasteiger partial charge >= 0.3 is 0 Å². The third-order valence-electron chi connectivity index (χ3n) is 7.04. The number of nitrogens with zero attached hydrogens (tertiary/aromatic N) is 2. The second-order valence-electron chi connectivity index (χ2n) is 8.38. The van der Waals surface area contributed by atoms with E-state index in [-0.39, 0.29) is 0 Å². The summed E-state index contributed by atoms with van der Waals surface area (Å²) in [5.74, 6) is 0.535. The van der Waals surface area contributed by atoms with Crippen LogP contribution in [0.15, 0.2) is 12.1 Å². The van der Waals surface area contributed by atoms with Crippen LogP contribution >= 0.6 is 0 Å². The van der Waals surface area contributed by atoms with E-state index >= 15 is 0 Å². The highest BCUT2D eigenvalue weighted by Crippen LogP contribution is 2.60. The number of nitriles is 2. The summed E-state index contributed by atoms with van der Waals surface area (Å²) < 4.78 is 5.53. The van der Waals surface area contributed by atoms with Crippen LogP contribution in [0.3, 0.4) is 0 Å². The van der Waals surface area contributed by atoms with Crippen molar-refractivity contribution in [2.24, 2.45) is 10.8 Å².